The van der Waals surface area contributed by atoms with Crippen LogP contribution in [-0.4, -0.2) is 37.5 Å². The number of rotatable bonds is 3. The number of nitrogens with one attached hydrogen (secondary N) is 1. The van der Waals surface area contributed by atoms with Crippen LogP contribution in [0.25, 0.3) is 0 Å². The molecular formula is C12H13N3O3S. The highest BCUT2D eigenvalue weighted by molar-refractivity contribution is 7.89. The smallest absolute Gasteiger partial charge is 0.239 e. The van der Waals surface area contributed by atoms with E-state index >= 15 is 0 Å². The maximum absolute atomic E-state index is 11.8. The predicted molar refractivity (Wildman–Crippen MR) is 69.8 cm³/mol. The van der Waals surface area contributed by atoms with E-state index in [4.69, 9.17) is 5.26 Å². The molecule has 1 N–H and O–H groups in total. The van der Waals surface area contributed by atoms with Gasteiger partial charge in [-0.2, -0.15) is 9.57 Å². The molecule has 1 amide bonds. The standard InChI is InChI=1S/C12H13N3O3S/c13-8-10-3-1-4-11(7-10)14-12(16)9-15-5-2-6-19(15,17)18/h1,3-4,7H,2,5-6,9H2,(H,14,16). The summed E-state index contributed by atoms with van der Waals surface area (Å²) in [4.78, 5) is 11.8. The number of carbonyl (C=O) groups is 1. The molecule has 0 radical (unpaired) electrons. The van der Waals surface area contributed by atoms with E-state index in [-0.39, 0.29) is 12.3 Å². The minimum absolute atomic E-state index is 0.101. The van der Waals surface area contributed by atoms with Crippen LogP contribution in [0.4, 0.5) is 5.69 Å². The first-order valence-corrected chi connectivity index (χ1v) is 7.40. The molecule has 100 valence electrons. The Labute approximate surface area is 111 Å². The van der Waals surface area contributed by atoms with Crippen LogP contribution in [0.5, 0.6) is 0 Å². The van der Waals surface area contributed by atoms with Crippen molar-refractivity contribution in [2.75, 3.05) is 24.2 Å². The van der Waals surface area contributed by atoms with Gasteiger partial charge in [0.2, 0.25) is 15.9 Å². The minimum Gasteiger partial charge on any atom is -0.325 e. The Hall–Kier alpha value is -1.91. The van der Waals surface area contributed by atoms with Gasteiger partial charge in [-0.15, -0.1) is 0 Å². The number of hydrogen-bond acceptors (Lipinski definition) is 4. The number of carbonyl (C=O) groups excluding carboxylic acids is 1. The number of nitriles is 1. The van der Waals surface area contributed by atoms with Gasteiger partial charge >= 0.3 is 0 Å². The van der Waals surface area contributed by atoms with Crippen LogP contribution < -0.4 is 5.32 Å². The molecule has 0 aromatic heterocycles. The normalized spacial score (nSPS) is 17.8. The van der Waals surface area contributed by atoms with Crippen LogP contribution in [0.2, 0.25) is 0 Å². The molecular weight excluding hydrogens is 266 g/mol. The Balaban J connectivity index is 2.00. The van der Waals surface area contributed by atoms with E-state index in [0.717, 1.165) is 0 Å². The summed E-state index contributed by atoms with van der Waals surface area (Å²) in [5.41, 5.74) is 0.923. The Morgan fingerprint density at radius 3 is 2.89 bits per heavy atom. The van der Waals surface area contributed by atoms with E-state index in [1.165, 1.54) is 10.4 Å². The highest BCUT2D eigenvalue weighted by atomic mass is 32.2. The first kappa shape index (κ1) is 13.5. The van der Waals surface area contributed by atoms with Gasteiger partial charge in [0.05, 0.1) is 23.9 Å². The Morgan fingerprint density at radius 1 is 1.47 bits per heavy atom. The van der Waals surface area contributed by atoms with Crippen molar-refractivity contribution in [3.63, 3.8) is 0 Å². The molecule has 0 unspecified atom stereocenters. The lowest BCUT2D eigenvalue weighted by Gasteiger charge is -2.13. The topological polar surface area (TPSA) is 90.3 Å². The third kappa shape index (κ3) is 3.30. The highest BCUT2D eigenvalue weighted by Gasteiger charge is 2.29. The summed E-state index contributed by atoms with van der Waals surface area (Å²) >= 11 is 0. The van der Waals surface area contributed by atoms with Crippen molar-refractivity contribution in [2.45, 2.75) is 6.42 Å². The van der Waals surface area contributed by atoms with E-state index in [9.17, 15) is 13.2 Å². The molecule has 6 nitrogen and oxygen atoms in total. The molecule has 1 heterocycles. The van der Waals surface area contributed by atoms with Crippen molar-refractivity contribution in [3.05, 3.63) is 29.8 Å². The number of benzene rings is 1. The van der Waals surface area contributed by atoms with Gasteiger partial charge in [0.15, 0.2) is 0 Å². The SMILES string of the molecule is N#Cc1cccc(NC(=O)CN2CCCS2(=O)=O)c1. The summed E-state index contributed by atoms with van der Waals surface area (Å²) in [6.07, 6.45) is 0.555. The zero-order valence-electron chi connectivity index (χ0n) is 10.2. The van der Waals surface area contributed by atoms with Crippen molar-refractivity contribution in [1.82, 2.24) is 4.31 Å². The third-order valence-corrected chi connectivity index (χ3v) is 4.70. The Morgan fingerprint density at radius 2 is 2.26 bits per heavy atom. The largest absolute Gasteiger partial charge is 0.325 e. The molecule has 1 aliphatic heterocycles. The van der Waals surface area contributed by atoms with Gasteiger partial charge in [0, 0.05) is 12.2 Å². The number of nitrogens with zero attached hydrogens (tertiary/aromatic N) is 2. The third-order valence-electron chi connectivity index (χ3n) is 2.80. The average molecular weight is 279 g/mol. The van der Waals surface area contributed by atoms with Crippen molar-refractivity contribution in [2.24, 2.45) is 0 Å². The number of amides is 1. The minimum atomic E-state index is -3.27. The number of anilines is 1. The lowest BCUT2D eigenvalue weighted by Crippen LogP contribution is -2.34. The number of hydrogen-bond donors (Lipinski definition) is 1. The monoisotopic (exact) mass is 279 g/mol. The van der Waals surface area contributed by atoms with Gasteiger partial charge in [0.25, 0.3) is 0 Å². The van der Waals surface area contributed by atoms with Crippen LogP contribution in [0.1, 0.15) is 12.0 Å². The molecule has 2 rings (SSSR count). The summed E-state index contributed by atoms with van der Waals surface area (Å²) in [5.74, 6) is -0.301. The summed E-state index contributed by atoms with van der Waals surface area (Å²) in [7, 11) is -3.27. The molecule has 0 bridgehead atoms. The lowest BCUT2D eigenvalue weighted by molar-refractivity contribution is -0.116. The zero-order chi connectivity index (χ0) is 13.9. The van der Waals surface area contributed by atoms with Crippen molar-refractivity contribution in [3.8, 4) is 6.07 Å². The van der Waals surface area contributed by atoms with E-state index in [0.29, 0.717) is 24.2 Å². The second-order valence-electron chi connectivity index (χ2n) is 4.24. The van der Waals surface area contributed by atoms with E-state index in [1.807, 2.05) is 6.07 Å². The Bertz CT molecular complexity index is 634. The molecule has 19 heavy (non-hydrogen) atoms. The van der Waals surface area contributed by atoms with Gasteiger partial charge in [-0.1, -0.05) is 6.07 Å². The van der Waals surface area contributed by atoms with Crippen molar-refractivity contribution in [1.29, 1.82) is 5.26 Å². The van der Waals surface area contributed by atoms with Crippen LogP contribution in [0.3, 0.4) is 0 Å². The van der Waals surface area contributed by atoms with E-state index in [2.05, 4.69) is 5.32 Å². The first-order valence-electron chi connectivity index (χ1n) is 5.79. The molecule has 1 aromatic rings. The summed E-state index contributed by atoms with van der Waals surface area (Å²) in [6.45, 7) is 0.201. The van der Waals surface area contributed by atoms with Crippen LogP contribution in [-0.2, 0) is 14.8 Å². The maximum Gasteiger partial charge on any atom is 0.239 e. The lowest BCUT2D eigenvalue weighted by atomic mass is 10.2. The van der Waals surface area contributed by atoms with Crippen molar-refractivity contribution >= 4 is 21.6 Å². The van der Waals surface area contributed by atoms with E-state index < -0.39 is 15.9 Å². The fourth-order valence-corrected chi connectivity index (χ4v) is 3.37. The van der Waals surface area contributed by atoms with Gasteiger partial charge < -0.3 is 5.32 Å². The molecule has 0 spiro atoms. The number of sulfonamides is 1. The highest BCUT2D eigenvalue weighted by Crippen LogP contribution is 2.14. The van der Waals surface area contributed by atoms with Crippen LogP contribution >= 0.6 is 0 Å². The van der Waals surface area contributed by atoms with Crippen molar-refractivity contribution < 1.29 is 13.2 Å². The average Bonchev–Trinajstić information content (AvgIpc) is 2.69. The predicted octanol–water partition coefficient (Wildman–Crippen LogP) is 0.532. The van der Waals surface area contributed by atoms with Gasteiger partial charge in [-0.3, -0.25) is 4.79 Å². The van der Waals surface area contributed by atoms with Gasteiger partial charge in [-0.05, 0) is 24.6 Å². The molecule has 7 heteroatoms. The summed E-state index contributed by atoms with van der Waals surface area (Å²) in [6, 6.07) is 8.44. The van der Waals surface area contributed by atoms with Crippen LogP contribution in [0.15, 0.2) is 24.3 Å². The molecule has 0 aliphatic carbocycles. The van der Waals surface area contributed by atoms with Crippen LogP contribution in [0, 0.1) is 11.3 Å². The van der Waals surface area contributed by atoms with E-state index in [1.54, 1.807) is 18.2 Å². The summed E-state index contributed by atoms with van der Waals surface area (Å²) in [5, 5.41) is 11.3. The fourth-order valence-electron chi connectivity index (χ4n) is 1.90. The van der Waals surface area contributed by atoms with Gasteiger partial charge in [0.1, 0.15) is 0 Å². The molecule has 1 fully saturated rings. The fraction of sp³-hybridized carbons (Fsp3) is 0.333. The second-order valence-corrected chi connectivity index (χ2v) is 6.33. The Kier molecular flexibility index (Phi) is 3.83. The molecule has 0 saturated carbocycles. The molecule has 0 atom stereocenters. The zero-order valence-corrected chi connectivity index (χ0v) is 11.0. The molecule has 1 aromatic carbocycles. The second kappa shape index (κ2) is 5.38. The molecule has 1 saturated heterocycles. The maximum atomic E-state index is 11.8. The quantitative estimate of drug-likeness (QED) is 0.874. The molecule has 1 aliphatic rings. The first-order chi connectivity index (χ1) is 9.01. The summed E-state index contributed by atoms with van der Waals surface area (Å²) < 4.78 is 24.3. The van der Waals surface area contributed by atoms with Gasteiger partial charge in [-0.25, -0.2) is 8.42 Å².